The number of fused-ring (bicyclic) bond motifs is 2. The molecule has 0 aliphatic heterocycles. The van der Waals surface area contributed by atoms with E-state index in [-0.39, 0.29) is 5.41 Å². The minimum absolute atomic E-state index is 0.207. The summed E-state index contributed by atoms with van der Waals surface area (Å²) in [5.74, 6) is -0.162. The molecular formula is C11H16O2. The van der Waals surface area contributed by atoms with Crippen molar-refractivity contribution >= 4 is 5.97 Å². The summed E-state index contributed by atoms with van der Waals surface area (Å²) in [6.07, 6.45) is 2.67. The summed E-state index contributed by atoms with van der Waals surface area (Å²) in [5.41, 5.74) is 0.442. The fraction of sp³-hybridized carbons (Fsp3) is 0.727. The number of carboxylic acids is 1. The molecule has 0 unspecified atom stereocenters. The predicted molar refractivity (Wildman–Crippen MR) is 50.3 cm³/mol. The molecule has 0 radical (unpaired) electrons. The maximum Gasteiger partial charge on any atom is 0.310 e. The van der Waals surface area contributed by atoms with Gasteiger partial charge in [-0.1, -0.05) is 26.0 Å². The van der Waals surface area contributed by atoms with Crippen molar-refractivity contribution < 1.29 is 9.90 Å². The van der Waals surface area contributed by atoms with Crippen molar-refractivity contribution in [1.82, 2.24) is 0 Å². The first-order valence-electron chi connectivity index (χ1n) is 4.84. The fourth-order valence-corrected chi connectivity index (χ4v) is 3.19. The molecule has 2 nitrogen and oxygen atoms in total. The summed E-state index contributed by atoms with van der Waals surface area (Å²) in [4.78, 5) is 11.3. The van der Waals surface area contributed by atoms with Gasteiger partial charge in [-0.25, -0.2) is 0 Å². The van der Waals surface area contributed by atoms with E-state index in [9.17, 15) is 9.90 Å². The van der Waals surface area contributed by atoms with Gasteiger partial charge in [-0.3, -0.25) is 4.79 Å². The van der Waals surface area contributed by atoms with Crippen molar-refractivity contribution in [2.24, 2.45) is 16.7 Å². The normalized spacial score (nSPS) is 41.1. The lowest BCUT2D eigenvalue weighted by atomic mass is 9.63. The van der Waals surface area contributed by atoms with Crippen LogP contribution in [0.4, 0.5) is 0 Å². The van der Waals surface area contributed by atoms with E-state index in [4.69, 9.17) is 0 Å². The average molecular weight is 180 g/mol. The fourth-order valence-electron chi connectivity index (χ4n) is 3.19. The Labute approximate surface area is 78.6 Å². The molecule has 2 bridgehead atoms. The number of hydrogen-bond acceptors (Lipinski definition) is 1. The van der Waals surface area contributed by atoms with E-state index in [1.54, 1.807) is 0 Å². The number of allylic oxidation sites excluding steroid dienone is 1. The highest BCUT2D eigenvalue weighted by Crippen LogP contribution is 2.66. The Morgan fingerprint density at radius 2 is 2.23 bits per heavy atom. The van der Waals surface area contributed by atoms with Gasteiger partial charge in [0, 0.05) is 5.41 Å². The first kappa shape index (κ1) is 8.79. The second-order valence-corrected chi connectivity index (χ2v) is 4.98. The predicted octanol–water partition coefficient (Wildman–Crippen LogP) is 2.45. The van der Waals surface area contributed by atoms with Gasteiger partial charge in [0.25, 0.3) is 0 Å². The molecule has 0 spiro atoms. The van der Waals surface area contributed by atoms with Crippen LogP contribution in [0, 0.1) is 16.7 Å². The summed E-state index contributed by atoms with van der Waals surface area (Å²) in [5, 5.41) is 9.30. The number of hydrogen-bond donors (Lipinski definition) is 1. The molecule has 0 saturated heterocycles. The second-order valence-electron chi connectivity index (χ2n) is 4.98. The quantitative estimate of drug-likeness (QED) is 0.629. The smallest absolute Gasteiger partial charge is 0.310 e. The summed E-state index contributed by atoms with van der Waals surface area (Å²) < 4.78 is 0. The largest absolute Gasteiger partial charge is 0.481 e. The Morgan fingerprint density at radius 1 is 1.62 bits per heavy atom. The van der Waals surface area contributed by atoms with Gasteiger partial charge in [0.05, 0.1) is 5.41 Å². The lowest BCUT2D eigenvalue weighted by Crippen LogP contribution is -2.41. The Bertz CT molecular complexity index is 290. The van der Waals surface area contributed by atoms with E-state index < -0.39 is 11.4 Å². The van der Waals surface area contributed by atoms with Crippen LogP contribution in [0.15, 0.2) is 12.2 Å². The van der Waals surface area contributed by atoms with Crippen molar-refractivity contribution in [3.63, 3.8) is 0 Å². The lowest BCUT2D eigenvalue weighted by Gasteiger charge is -2.39. The van der Waals surface area contributed by atoms with Crippen molar-refractivity contribution in [3.05, 3.63) is 12.2 Å². The van der Waals surface area contributed by atoms with Crippen molar-refractivity contribution in [3.8, 4) is 0 Å². The van der Waals surface area contributed by atoms with Gasteiger partial charge in [-0.15, -0.1) is 0 Å². The lowest BCUT2D eigenvalue weighted by molar-refractivity contribution is -0.153. The van der Waals surface area contributed by atoms with Gasteiger partial charge in [-0.2, -0.15) is 0 Å². The minimum atomic E-state index is -0.626. The Morgan fingerprint density at radius 3 is 2.54 bits per heavy atom. The highest BCUT2D eigenvalue weighted by atomic mass is 16.4. The van der Waals surface area contributed by atoms with Gasteiger partial charge in [0.15, 0.2) is 0 Å². The monoisotopic (exact) mass is 180 g/mol. The van der Waals surface area contributed by atoms with Crippen LogP contribution >= 0.6 is 0 Å². The third-order valence-electron chi connectivity index (χ3n) is 4.42. The molecule has 13 heavy (non-hydrogen) atoms. The molecule has 2 fully saturated rings. The van der Waals surface area contributed by atoms with Crippen molar-refractivity contribution in [1.29, 1.82) is 0 Å². The van der Waals surface area contributed by atoms with Crippen LogP contribution < -0.4 is 0 Å². The van der Waals surface area contributed by atoms with Crippen LogP contribution in [0.25, 0.3) is 0 Å². The van der Waals surface area contributed by atoms with Crippen LogP contribution in [-0.4, -0.2) is 11.1 Å². The summed E-state index contributed by atoms with van der Waals surface area (Å²) in [6, 6.07) is 0. The van der Waals surface area contributed by atoms with Gasteiger partial charge in [-0.05, 0) is 25.2 Å². The van der Waals surface area contributed by atoms with E-state index >= 15 is 0 Å². The Balaban J connectivity index is 2.50. The topological polar surface area (TPSA) is 37.3 Å². The Hall–Kier alpha value is -0.790. The van der Waals surface area contributed by atoms with Crippen LogP contribution in [0.3, 0.4) is 0 Å². The zero-order chi connectivity index (χ0) is 9.85. The van der Waals surface area contributed by atoms with Gasteiger partial charge in [0.1, 0.15) is 0 Å². The van der Waals surface area contributed by atoms with Crippen molar-refractivity contribution in [2.75, 3.05) is 0 Å². The molecule has 2 aliphatic carbocycles. The molecule has 1 N–H and O–H groups in total. The third kappa shape index (κ3) is 0.767. The van der Waals surface area contributed by atoms with E-state index in [1.807, 2.05) is 13.8 Å². The van der Waals surface area contributed by atoms with Gasteiger partial charge in [0.2, 0.25) is 0 Å². The maximum absolute atomic E-state index is 11.3. The van der Waals surface area contributed by atoms with E-state index in [0.29, 0.717) is 5.92 Å². The van der Waals surface area contributed by atoms with Crippen LogP contribution in [-0.2, 0) is 4.79 Å². The first-order valence-corrected chi connectivity index (χ1v) is 4.84. The molecule has 2 saturated carbocycles. The average Bonchev–Trinajstić information content (AvgIpc) is 2.53. The Kier molecular flexibility index (Phi) is 1.47. The molecule has 2 rings (SSSR count). The number of aliphatic carboxylic acids is 1. The first-order chi connectivity index (χ1) is 5.92. The molecular weight excluding hydrogens is 164 g/mol. The highest BCUT2D eigenvalue weighted by Gasteiger charge is 2.63. The van der Waals surface area contributed by atoms with Crippen molar-refractivity contribution in [2.45, 2.75) is 33.1 Å². The molecule has 0 aromatic carbocycles. The maximum atomic E-state index is 11.3. The summed E-state index contributed by atoms with van der Waals surface area (Å²) in [6.45, 7) is 8.11. The van der Waals surface area contributed by atoms with Crippen LogP contribution in [0.5, 0.6) is 0 Å². The second kappa shape index (κ2) is 2.17. The highest BCUT2D eigenvalue weighted by molar-refractivity contribution is 5.78. The molecule has 0 heterocycles. The number of rotatable bonds is 1. The zero-order valence-corrected chi connectivity index (χ0v) is 8.26. The number of carboxylic acid groups (broad SMARTS) is 1. The molecule has 2 atom stereocenters. The molecule has 0 aromatic rings. The molecule has 2 aliphatic rings. The van der Waals surface area contributed by atoms with Gasteiger partial charge < -0.3 is 5.11 Å². The standard InChI is InChI=1S/C11H16O2/c1-7-8-4-5-11(6-8,9(12)13)10(7,2)3/h8H,1,4-6H2,2-3H3,(H,12,13)/t8-,11-/m1/s1. The van der Waals surface area contributed by atoms with Gasteiger partial charge >= 0.3 is 5.97 Å². The molecule has 2 heteroatoms. The van der Waals surface area contributed by atoms with Crippen LogP contribution in [0.1, 0.15) is 33.1 Å². The van der Waals surface area contributed by atoms with E-state index in [1.165, 1.54) is 0 Å². The van der Waals surface area contributed by atoms with Crippen LogP contribution in [0.2, 0.25) is 0 Å². The summed E-state index contributed by atoms with van der Waals surface area (Å²) >= 11 is 0. The zero-order valence-electron chi connectivity index (χ0n) is 8.26. The van der Waals surface area contributed by atoms with E-state index in [2.05, 4.69) is 6.58 Å². The molecule has 72 valence electrons. The SMILES string of the molecule is C=C1[C@@H]2CC[C@](C(=O)O)(C2)C1(C)C. The third-order valence-corrected chi connectivity index (χ3v) is 4.42. The molecule has 0 aromatic heterocycles. The minimum Gasteiger partial charge on any atom is -0.481 e. The van der Waals surface area contributed by atoms with E-state index in [0.717, 1.165) is 24.8 Å². The molecule has 0 amide bonds. The number of carbonyl (C=O) groups is 1. The summed E-state index contributed by atoms with van der Waals surface area (Å²) in [7, 11) is 0.